The van der Waals surface area contributed by atoms with Crippen LogP contribution in [-0.2, 0) is 25.6 Å². The van der Waals surface area contributed by atoms with Crippen LogP contribution in [0, 0.1) is 0 Å². The highest BCUT2D eigenvalue weighted by molar-refractivity contribution is 6.12. The van der Waals surface area contributed by atoms with E-state index in [4.69, 9.17) is 22.1 Å². The van der Waals surface area contributed by atoms with E-state index in [0.29, 0.717) is 0 Å². The Morgan fingerprint density at radius 1 is 1.40 bits per heavy atom. The molecular weight excluding hydrogens is 263 g/mol. The molecule has 2 fully saturated rings. The molecule has 2 heterocycles. The second-order valence-corrected chi connectivity index (χ2v) is 4.85. The fourth-order valence-corrected chi connectivity index (χ4v) is 2.42. The van der Waals surface area contributed by atoms with Crippen molar-refractivity contribution in [1.29, 1.82) is 0 Å². The highest BCUT2D eigenvalue weighted by Crippen LogP contribution is 2.42. The van der Waals surface area contributed by atoms with Crippen molar-refractivity contribution in [3.63, 3.8) is 0 Å². The Labute approximate surface area is 116 Å². The smallest absolute Gasteiger partial charge is 0.341 e. The number of ether oxygens (including phenoxy) is 3. The molecule has 0 aromatic heterocycles. The molecular formula is C13H13BO6. The predicted molar refractivity (Wildman–Crippen MR) is 66.5 cm³/mol. The molecule has 2 bridgehead atoms. The highest BCUT2D eigenvalue weighted by Gasteiger charge is 2.67. The first kappa shape index (κ1) is 13.6. The van der Waals surface area contributed by atoms with Gasteiger partial charge in [0.05, 0.1) is 0 Å². The molecule has 0 saturated carbocycles. The SMILES string of the molecule is [B]C1OC2(O)C(C(=O)OCc3ccccc3)OC1C2O. The Bertz CT molecular complexity index is 509. The zero-order chi connectivity index (χ0) is 14.3. The van der Waals surface area contributed by atoms with Crippen LogP contribution in [0.25, 0.3) is 0 Å². The third kappa shape index (κ3) is 2.03. The quantitative estimate of drug-likeness (QED) is 0.548. The summed E-state index contributed by atoms with van der Waals surface area (Å²) in [6, 6.07) is 8.11. The van der Waals surface area contributed by atoms with Crippen LogP contribution in [0.4, 0.5) is 0 Å². The van der Waals surface area contributed by atoms with Crippen LogP contribution in [0.2, 0.25) is 0 Å². The number of esters is 1. The van der Waals surface area contributed by atoms with E-state index < -0.39 is 36.1 Å². The first-order valence-electron chi connectivity index (χ1n) is 6.22. The Hall–Kier alpha value is -1.41. The van der Waals surface area contributed by atoms with Crippen molar-refractivity contribution < 1.29 is 29.2 Å². The van der Waals surface area contributed by atoms with E-state index >= 15 is 0 Å². The van der Waals surface area contributed by atoms with Crippen LogP contribution >= 0.6 is 0 Å². The maximum absolute atomic E-state index is 11.9. The molecule has 2 N–H and O–H groups in total. The monoisotopic (exact) mass is 276 g/mol. The lowest BCUT2D eigenvalue weighted by molar-refractivity contribution is -0.270. The molecule has 0 amide bonds. The second kappa shape index (κ2) is 4.85. The van der Waals surface area contributed by atoms with Gasteiger partial charge in [-0.3, -0.25) is 0 Å². The van der Waals surface area contributed by atoms with Gasteiger partial charge >= 0.3 is 5.97 Å². The molecule has 1 aromatic carbocycles. The molecule has 0 spiro atoms. The third-order valence-electron chi connectivity index (χ3n) is 3.49. The van der Waals surface area contributed by atoms with Gasteiger partial charge in [-0.2, -0.15) is 0 Å². The normalized spacial score (nSPS) is 38.9. The number of carbonyl (C=O) groups is 1. The van der Waals surface area contributed by atoms with Crippen molar-refractivity contribution >= 4 is 13.8 Å². The predicted octanol–water partition coefficient (Wildman–Crippen LogP) is -0.929. The number of aliphatic hydroxyl groups excluding tert-OH is 1. The minimum atomic E-state index is -2.14. The Balaban J connectivity index is 1.65. The van der Waals surface area contributed by atoms with Crippen molar-refractivity contribution in [1.82, 2.24) is 0 Å². The van der Waals surface area contributed by atoms with E-state index in [0.717, 1.165) is 5.56 Å². The minimum absolute atomic E-state index is 0.0441. The number of benzene rings is 1. The summed E-state index contributed by atoms with van der Waals surface area (Å²) in [5.41, 5.74) is 0.800. The lowest BCUT2D eigenvalue weighted by Crippen LogP contribution is -2.52. The molecule has 2 radical (unpaired) electrons. The summed E-state index contributed by atoms with van der Waals surface area (Å²) in [7, 11) is 5.50. The summed E-state index contributed by atoms with van der Waals surface area (Å²) in [5, 5.41) is 19.9. The van der Waals surface area contributed by atoms with Gasteiger partial charge in [0.1, 0.15) is 26.7 Å². The highest BCUT2D eigenvalue weighted by atomic mass is 16.7. The van der Waals surface area contributed by atoms with Gasteiger partial charge in [-0.05, 0) is 5.56 Å². The maximum Gasteiger partial charge on any atom is 0.341 e. The van der Waals surface area contributed by atoms with Crippen molar-refractivity contribution in [2.75, 3.05) is 0 Å². The molecule has 5 atom stereocenters. The number of fused-ring (bicyclic) bond motifs is 2. The summed E-state index contributed by atoms with van der Waals surface area (Å²) in [6.07, 6.45) is -3.70. The zero-order valence-corrected chi connectivity index (χ0v) is 10.5. The van der Waals surface area contributed by atoms with Crippen LogP contribution < -0.4 is 0 Å². The van der Waals surface area contributed by atoms with E-state index in [1.165, 1.54) is 0 Å². The van der Waals surface area contributed by atoms with Gasteiger partial charge in [0, 0.05) is 6.00 Å². The third-order valence-corrected chi connectivity index (χ3v) is 3.49. The van der Waals surface area contributed by atoms with Crippen LogP contribution in [0.15, 0.2) is 30.3 Å². The summed E-state index contributed by atoms with van der Waals surface area (Å²) >= 11 is 0. The van der Waals surface area contributed by atoms with Gasteiger partial charge < -0.3 is 24.4 Å². The minimum Gasteiger partial charge on any atom is -0.459 e. The summed E-state index contributed by atoms with van der Waals surface area (Å²) in [6.45, 7) is 0.0441. The Morgan fingerprint density at radius 3 is 2.65 bits per heavy atom. The summed E-state index contributed by atoms with van der Waals surface area (Å²) in [5.74, 6) is -2.94. The van der Waals surface area contributed by atoms with Crippen LogP contribution in [0.1, 0.15) is 5.56 Å². The fraction of sp³-hybridized carbons (Fsp3) is 0.462. The van der Waals surface area contributed by atoms with Gasteiger partial charge in [0.25, 0.3) is 0 Å². The van der Waals surface area contributed by atoms with Crippen molar-refractivity contribution in [3.05, 3.63) is 35.9 Å². The van der Waals surface area contributed by atoms with Crippen molar-refractivity contribution in [2.45, 2.75) is 36.7 Å². The number of carbonyl (C=O) groups excluding carboxylic acids is 1. The summed E-state index contributed by atoms with van der Waals surface area (Å²) in [4.78, 5) is 11.9. The van der Waals surface area contributed by atoms with Gasteiger partial charge in [0.15, 0.2) is 0 Å². The average molecular weight is 276 g/mol. The standard InChI is InChI=1S/C13H13BO6/c14-11-8-9(15)13(17,20-11)10(19-8)12(16)18-6-7-4-2-1-3-5-7/h1-5,8-11,15,17H,6H2. The first-order chi connectivity index (χ1) is 9.52. The van der Waals surface area contributed by atoms with Crippen LogP contribution in [0.3, 0.4) is 0 Å². The first-order valence-corrected chi connectivity index (χ1v) is 6.22. The van der Waals surface area contributed by atoms with Gasteiger partial charge in [-0.25, -0.2) is 4.79 Å². The lowest BCUT2D eigenvalue weighted by atomic mass is 9.93. The molecule has 7 heteroatoms. The van der Waals surface area contributed by atoms with Crippen LogP contribution in [-0.4, -0.2) is 54.1 Å². The molecule has 104 valence electrons. The number of hydrogen-bond donors (Lipinski definition) is 2. The van der Waals surface area contributed by atoms with Gasteiger partial charge in [0.2, 0.25) is 11.9 Å². The average Bonchev–Trinajstić information content (AvgIpc) is 2.81. The zero-order valence-electron chi connectivity index (χ0n) is 10.5. The van der Waals surface area contributed by atoms with E-state index in [-0.39, 0.29) is 6.61 Å². The lowest BCUT2D eigenvalue weighted by Gasteiger charge is -2.30. The molecule has 0 aliphatic carbocycles. The molecule has 6 nitrogen and oxygen atoms in total. The number of aliphatic hydroxyl groups is 2. The fourth-order valence-electron chi connectivity index (χ4n) is 2.42. The molecule has 5 unspecified atom stereocenters. The van der Waals surface area contributed by atoms with Crippen molar-refractivity contribution in [2.24, 2.45) is 0 Å². The maximum atomic E-state index is 11.9. The number of rotatable bonds is 3. The van der Waals surface area contributed by atoms with E-state index in [2.05, 4.69) is 0 Å². The molecule has 3 rings (SSSR count). The Kier molecular flexibility index (Phi) is 3.29. The van der Waals surface area contributed by atoms with Crippen molar-refractivity contribution in [3.8, 4) is 0 Å². The van der Waals surface area contributed by atoms with Crippen LogP contribution in [0.5, 0.6) is 0 Å². The van der Waals surface area contributed by atoms with Gasteiger partial charge in [-0.15, -0.1) is 0 Å². The number of hydrogen-bond acceptors (Lipinski definition) is 6. The molecule has 2 aliphatic heterocycles. The second-order valence-electron chi connectivity index (χ2n) is 4.85. The van der Waals surface area contributed by atoms with E-state index in [1.807, 2.05) is 18.2 Å². The van der Waals surface area contributed by atoms with E-state index in [9.17, 15) is 15.0 Å². The molecule has 1 aromatic rings. The molecule has 2 saturated heterocycles. The molecule has 20 heavy (non-hydrogen) atoms. The largest absolute Gasteiger partial charge is 0.459 e. The topological polar surface area (TPSA) is 85.2 Å². The Morgan fingerprint density at radius 2 is 2.10 bits per heavy atom. The van der Waals surface area contributed by atoms with E-state index in [1.54, 1.807) is 12.1 Å². The molecule has 2 aliphatic rings. The summed E-state index contributed by atoms with van der Waals surface area (Å²) < 4.78 is 15.3. The van der Waals surface area contributed by atoms with Gasteiger partial charge in [-0.1, -0.05) is 30.3 Å².